The fraction of sp³-hybridized carbons (Fsp3) is 0.500. The number of halogens is 1. The Balaban J connectivity index is 2.14. The molecule has 1 aromatic rings. The Bertz CT molecular complexity index is 282. The summed E-state index contributed by atoms with van der Waals surface area (Å²) in [6.45, 7) is 1.03. The molecule has 1 aliphatic rings. The number of hydrogen-bond donors (Lipinski definition) is 1. The predicted molar refractivity (Wildman–Crippen MR) is 48.8 cm³/mol. The molecule has 13 heavy (non-hydrogen) atoms. The van der Waals surface area contributed by atoms with E-state index >= 15 is 0 Å². The predicted octanol–water partition coefficient (Wildman–Crippen LogP) is 2.04. The second-order valence-electron chi connectivity index (χ2n) is 3.44. The lowest BCUT2D eigenvalue weighted by Crippen LogP contribution is -2.26. The van der Waals surface area contributed by atoms with Crippen molar-refractivity contribution in [1.29, 1.82) is 0 Å². The van der Waals surface area contributed by atoms with Crippen molar-refractivity contribution >= 4 is 0 Å². The molecule has 3 heteroatoms. The molecule has 70 valence electrons. The van der Waals surface area contributed by atoms with Gasteiger partial charge in [0.25, 0.3) is 0 Å². The first-order chi connectivity index (χ1) is 6.36. The van der Waals surface area contributed by atoms with Crippen molar-refractivity contribution < 1.29 is 4.39 Å². The van der Waals surface area contributed by atoms with Gasteiger partial charge in [-0.3, -0.25) is 4.98 Å². The Labute approximate surface area is 77.2 Å². The van der Waals surface area contributed by atoms with Gasteiger partial charge in [-0.2, -0.15) is 0 Å². The second kappa shape index (κ2) is 3.83. The van der Waals surface area contributed by atoms with Gasteiger partial charge in [0.2, 0.25) is 0 Å². The van der Waals surface area contributed by atoms with E-state index in [-0.39, 0.29) is 5.82 Å². The Morgan fingerprint density at radius 3 is 3.00 bits per heavy atom. The molecule has 0 saturated carbocycles. The van der Waals surface area contributed by atoms with Gasteiger partial charge in [0.1, 0.15) is 5.82 Å². The molecule has 1 saturated heterocycles. The van der Waals surface area contributed by atoms with Crippen LogP contribution in [0.1, 0.15) is 30.9 Å². The van der Waals surface area contributed by atoms with Crippen LogP contribution >= 0.6 is 0 Å². The highest BCUT2D eigenvalue weighted by Crippen LogP contribution is 2.22. The summed E-state index contributed by atoms with van der Waals surface area (Å²) in [7, 11) is 0. The van der Waals surface area contributed by atoms with Gasteiger partial charge in [-0.15, -0.1) is 0 Å². The Kier molecular flexibility index (Phi) is 2.54. The zero-order chi connectivity index (χ0) is 9.10. The minimum absolute atomic E-state index is 0.245. The van der Waals surface area contributed by atoms with Crippen LogP contribution in [0.3, 0.4) is 0 Å². The van der Waals surface area contributed by atoms with Crippen LogP contribution in [0.25, 0.3) is 0 Å². The Morgan fingerprint density at radius 2 is 2.31 bits per heavy atom. The quantitative estimate of drug-likeness (QED) is 0.715. The van der Waals surface area contributed by atoms with Crippen LogP contribution in [0.4, 0.5) is 4.39 Å². The molecule has 0 radical (unpaired) electrons. The minimum Gasteiger partial charge on any atom is -0.310 e. The van der Waals surface area contributed by atoms with Crippen LogP contribution < -0.4 is 5.32 Å². The molecule has 0 bridgehead atoms. The zero-order valence-corrected chi connectivity index (χ0v) is 7.46. The van der Waals surface area contributed by atoms with Crippen LogP contribution in [0.5, 0.6) is 0 Å². The van der Waals surface area contributed by atoms with E-state index in [2.05, 4.69) is 10.3 Å². The molecule has 1 aliphatic heterocycles. The van der Waals surface area contributed by atoms with Crippen molar-refractivity contribution in [2.45, 2.75) is 25.3 Å². The fourth-order valence-corrected chi connectivity index (χ4v) is 1.76. The van der Waals surface area contributed by atoms with Crippen molar-refractivity contribution in [2.24, 2.45) is 0 Å². The molecule has 0 aromatic carbocycles. The van der Waals surface area contributed by atoms with E-state index in [4.69, 9.17) is 0 Å². The van der Waals surface area contributed by atoms with Crippen molar-refractivity contribution in [3.63, 3.8) is 0 Å². The molecule has 0 unspecified atom stereocenters. The van der Waals surface area contributed by atoms with Gasteiger partial charge in [-0.1, -0.05) is 6.42 Å². The van der Waals surface area contributed by atoms with Gasteiger partial charge in [0.05, 0.1) is 6.20 Å². The maximum atomic E-state index is 12.8. The third kappa shape index (κ3) is 2.04. The molecule has 0 aliphatic carbocycles. The molecule has 1 aromatic heterocycles. The van der Waals surface area contributed by atoms with Gasteiger partial charge in [-0.05, 0) is 31.0 Å². The molecule has 1 atom stereocenters. The molecule has 2 heterocycles. The summed E-state index contributed by atoms with van der Waals surface area (Å²) in [5.74, 6) is -0.245. The summed E-state index contributed by atoms with van der Waals surface area (Å²) in [6.07, 6.45) is 6.51. The first kappa shape index (κ1) is 8.63. The molecular weight excluding hydrogens is 167 g/mol. The first-order valence-electron chi connectivity index (χ1n) is 4.70. The minimum atomic E-state index is -0.245. The summed E-state index contributed by atoms with van der Waals surface area (Å²) in [4.78, 5) is 3.84. The fourth-order valence-electron chi connectivity index (χ4n) is 1.76. The molecule has 0 spiro atoms. The van der Waals surface area contributed by atoms with E-state index in [1.165, 1.54) is 19.0 Å². The van der Waals surface area contributed by atoms with E-state index in [0.29, 0.717) is 6.04 Å². The van der Waals surface area contributed by atoms with Crippen molar-refractivity contribution in [1.82, 2.24) is 10.3 Å². The molecular formula is C10H13FN2. The van der Waals surface area contributed by atoms with Gasteiger partial charge >= 0.3 is 0 Å². The standard InChI is InChI=1S/C10H13FN2/c11-9-5-8(6-12-7-9)10-3-1-2-4-13-10/h5-7,10,13H,1-4H2/t10-/m1/s1. The lowest BCUT2D eigenvalue weighted by Gasteiger charge is -2.23. The number of hydrogen-bond acceptors (Lipinski definition) is 2. The second-order valence-corrected chi connectivity index (χ2v) is 3.44. The molecule has 0 amide bonds. The molecule has 1 fully saturated rings. The monoisotopic (exact) mass is 180 g/mol. The molecule has 2 rings (SSSR count). The normalized spacial score (nSPS) is 23.0. The number of aromatic nitrogens is 1. The number of nitrogens with zero attached hydrogens (tertiary/aromatic N) is 1. The lowest BCUT2D eigenvalue weighted by atomic mass is 9.99. The smallest absolute Gasteiger partial charge is 0.141 e. The number of rotatable bonds is 1. The van der Waals surface area contributed by atoms with Crippen LogP contribution in [0.15, 0.2) is 18.5 Å². The zero-order valence-electron chi connectivity index (χ0n) is 7.46. The topological polar surface area (TPSA) is 24.9 Å². The Morgan fingerprint density at radius 1 is 1.38 bits per heavy atom. The third-order valence-corrected chi connectivity index (χ3v) is 2.44. The first-order valence-corrected chi connectivity index (χ1v) is 4.70. The third-order valence-electron chi connectivity index (χ3n) is 2.44. The van der Waals surface area contributed by atoms with E-state index in [0.717, 1.165) is 18.5 Å². The highest BCUT2D eigenvalue weighted by atomic mass is 19.1. The summed E-state index contributed by atoms with van der Waals surface area (Å²) < 4.78 is 12.8. The highest BCUT2D eigenvalue weighted by Gasteiger charge is 2.14. The summed E-state index contributed by atoms with van der Waals surface area (Å²) in [5.41, 5.74) is 0.972. The van der Waals surface area contributed by atoms with Gasteiger partial charge < -0.3 is 5.32 Å². The summed E-state index contributed by atoms with van der Waals surface area (Å²) in [5, 5.41) is 3.36. The highest BCUT2D eigenvalue weighted by molar-refractivity contribution is 5.15. The average molecular weight is 180 g/mol. The maximum absolute atomic E-state index is 12.8. The van der Waals surface area contributed by atoms with E-state index in [1.807, 2.05) is 0 Å². The number of piperidine rings is 1. The lowest BCUT2D eigenvalue weighted by molar-refractivity contribution is 0.410. The van der Waals surface area contributed by atoms with Gasteiger partial charge in [-0.25, -0.2) is 4.39 Å². The van der Waals surface area contributed by atoms with Crippen molar-refractivity contribution in [2.75, 3.05) is 6.54 Å². The Hall–Kier alpha value is -0.960. The van der Waals surface area contributed by atoms with Crippen LogP contribution in [0.2, 0.25) is 0 Å². The molecule has 1 N–H and O–H groups in total. The van der Waals surface area contributed by atoms with Gasteiger partial charge in [0.15, 0.2) is 0 Å². The number of nitrogens with one attached hydrogen (secondary N) is 1. The van der Waals surface area contributed by atoms with E-state index in [1.54, 1.807) is 12.3 Å². The van der Waals surface area contributed by atoms with Crippen LogP contribution in [-0.4, -0.2) is 11.5 Å². The maximum Gasteiger partial charge on any atom is 0.141 e. The molecule has 2 nitrogen and oxygen atoms in total. The van der Waals surface area contributed by atoms with E-state index < -0.39 is 0 Å². The van der Waals surface area contributed by atoms with E-state index in [9.17, 15) is 4.39 Å². The van der Waals surface area contributed by atoms with Crippen LogP contribution in [0, 0.1) is 5.82 Å². The summed E-state index contributed by atoms with van der Waals surface area (Å²) in [6, 6.07) is 1.87. The summed E-state index contributed by atoms with van der Waals surface area (Å²) >= 11 is 0. The SMILES string of the molecule is Fc1cncc([C@H]2CCCCN2)c1. The van der Waals surface area contributed by atoms with Crippen LogP contribution in [-0.2, 0) is 0 Å². The van der Waals surface area contributed by atoms with Gasteiger partial charge in [0, 0.05) is 12.2 Å². The van der Waals surface area contributed by atoms with Crippen molar-refractivity contribution in [3.8, 4) is 0 Å². The largest absolute Gasteiger partial charge is 0.310 e. The van der Waals surface area contributed by atoms with Crippen molar-refractivity contribution in [3.05, 3.63) is 29.8 Å². The number of pyridine rings is 1. The average Bonchev–Trinajstić information content (AvgIpc) is 2.19.